The van der Waals surface area contributed by atoms with Crippen molar-refractivity contribution < 1.29 is 32.9 Å². The standard InChI is InChI=1S/C8H7N2.Ag.O2/c1-7-6-9-8-4-2-3-5-10(7)8;;1-2/h2-6H,1H2;;/q-1;+1;-1. The molecule has 0 atom stereocenters. The molecule has 0 aliphatic heterocycles. The van der Waals surface area contributed by atoms with Crippen molar-refractivity contribution in [1.29, 1.82) is 0 Å². The Hall–Kier alpha value is -0.780. The van der Waals surface area contributed by atoms with Crippen molar-refractivity contribution in [2.24, 2.45) is 0 Å². The van der Waals surface area contributed by atoms with Crippen molar-refractivity contribution >= 4 is 5.65 Å². The van der Waals surface area contributed by atoms with Crippen molar-refractivity contribution in [2.45, 2.75) is 0 Å². The number of pyridine rings is 1. The molecule has 0 spiro atoms. The topological polar surface area (TPSA) is 60.3 Å². The van der Waals surface area contributed by atoms with E-state index in [4.69, 9.17) is 10.5 Å². The van der Waals surface area contributed by atoms with Gasteiger partial charge in [-0.15, -0.1) is 5.69 Å². The monoisotopic (exact) mass is 270 g/mol. The first-order valence-electron chi connectivity index (χ1n) is 3.28. The third kappa shape index (κ3) is 2.58. The SMILES string of the molecule is [Ag+].[CH2-]c1cnc2ccccn12.[O][O-]. The molecule has 2 aromatic rings. The summed E-state index contributed by atoms with van der Waals surface area (Å²) in [5.74, 6) is 0. The zero-order chi connectivity index (χ0) is 8.97. The van der Waals surface area contributed by atoms with Gasteiger partial charge in [0.1, 0.15) is 5.65 Å². The molecule has 73 valence electrons. The molecule has 0 saturated heterocycles. The molecule has 0 N–H and O–H groups in total. The number of nitrogens with zero attached hydrogens (tertiary/aromatic N) is 2. The van der Waals surface area contributed by atoms with Crippen LogP contribution in [0.5, 0.6) is 0 Å². The smallest absolute Gasteiger partial charge is 0.693 e. The second-order valence-electron chi connectivity index (χ2n) is 2.18. The van der Waals surface area contributed by atoms with Crippen LogP contribution in [0.1, 0.15) is 5.69 Å². The molecule has 4 nitrogen and oxygen atoms in total. The fourth-order valence-electron chi connectivity index (χ4n) is 0.985. The number of hydrogen-bond donors (Lipinski definition) is 0. The Balaban J connectivity index is 0.000000451. The van der Waals surface area contributed by atoms with E-state index in [1.54, 1.807) is 6.20 Å². The molecule has 1 radical (unpaired) electrons. The Bertz CT molecular complexity index is 362. The van der Waals surface area contributed by atoms with Crippen molar-refractivity contribution in [3.63, 3.8) is 0 Å². The van der Waals surface area contributed by atoms with Crippen LogP contribution < -0.4 is 5.26 Å². The predicted molar refractivity (Wildman–Crippen MR) is 40.3 cm³/mol. The van der Waals surface area contributed by atoms with Gasteiger partial charge in [0.05, 0.1) is 0 Å². The number of imidazole rings is 1. The summed E-state index contributed by atoms with van der Waals surface area (Å²) in [6.07, 6.45) is 3.71. The predicted octanol–water partition coefficient (Wildman–Crippen LogP) is 0.206. The summed E-state index contributed by atoms with van der Waals surface area (Å²) in [5, 5.41) is 14.0. The molecule has 0 fully saturated rings. The van der Waals surface area contributed by atoms with E-state index < -0.39 is 0 Å². The third-order valence-corrected chi connectivity index (χ3v) is 1.49. The van der Waals surface area contributed by atoms with Crippen LogP contribution in [0.4, 0.5) is 0 Å². The van der Waals surface area contributed by atoms with Gasteiger partial charge >= 0.3 is 22.4 Å². The molecule has 0 amide bonds. The summed E-state index contributed by atoms with van der Waals surface area (Å²) in [6, 6.07) is 5.87. The van der Waals surface area contributed by atoms with Crippen LogP contribution in [0.25, 0.3) is 5.65 Å². The molecular weight excluding hydrogens is 264 g/mol. The fourth-order valence-corrected chi connectivity index (χ4v) is 0.985. The molecule has 13 heavy (non-hydrogen) atoms. The largest absolute Gasteiger partial charge is 1.00 e. The maximum atomic E-state index is 7.00. The second kappa shape index (κ2) is 5.80. The molecule has 2 heterocycles. The molecule has 0 bridgehead atoms. The quantitative estimate of drug-likeness (QED) is 0.297. The number of fused-ring (bicyclic) bond motifs is 1. The maximum Gasteiger partial charge on any atom is 1.00 e. The first kappa shape index (κ1) is 12.2. The zero-order valence-electron chi connectivity index (χ0n) is 6.61. The van der Waals surface area contributed by atoms with Crippen LogP contribution in [-0.2, 0) is 27.6 Å². The molecule has 0 aromatic carbocycles. The van der Waals surface area contributed by atoms with E-state index in [1.165, 1.54) is 0 Å². The first-order valence-corrected chi connectivity index (χ1v) is 3.28. The Kier molecular flexibility index (Phi) is 5.45. The van der Waals surface area contributed by atoms with E-state index in [2.05, 4.69) is 11.9 Å². The van der Waals surface area contributed by atoms with Gasteiger partial charge in [0.15, 0.2) is 0 Å². The molecule has 2 aromatic heterocycles. The third-order valence-electron chi connectivity index (χ3n) is 1.49. The summed E-state index contributed by atoms with van der Waals surface area (Å²) in [4.78, 5) is 4.12. The zero-order valence-corrected chi connectivity index (χ0v) is 8.09. The Morgan fingerprint density at radius 3 is 2.69 bits per heavy atom. The van der Waals surface area contributed by atoms with Crippen molar-refractivity contribution in [2.75, 3.05) is 0 Å². The van der Waals surface area contributed by atoms with Crippen molar-refractivity contribution in [3.8, 4) is 0 Å². The minimum Gasteiger partial charge on any atom is -0.693 e. The Labute approximate surface area is 91.3 Å². The van der Waals surface area contributed by atoms with Crippen LogP contribution in [0, 0.1) is 6.92 Å². The van der Waals surface area contributed by atoms with E-state index in [1.807, 2.05) is 28.8 Å². The van der Waals surface area contributed by atoms with Crippen LogP contribution >= 0.6 is 0 Å². The van der Waals surface area contributed by atoms with Crippen LogP contribution in [0.2, 0.25) is 0 Å². The maximum absolute atomic E-state index is 7.00. The van der Waals surface area contributed by atoms with Crippen LogP contribution in [0.3, 0.4) is 0 Å². The summed E-state index contributed by atoms with van der Waals surface area (Å²) < 4.78 is 1.94. The second-order valence-corrected chi connectivity index (χ2v) is 2.18. The van der Waals surface area contributed by atoms with Gasteiger partial charge in [-0.05, 0) is 12.1 Å². The van der Waals surface area contributed by atoms with E-state index in [0.717, 1.165) is 11.3 Å². The van der Waals surface area contributed by atoms with Gasteiger partial charge in [-0.1, -0.05) is 12.3 Å². The minimum absolute atomic E-state index is 0. The fraction of sp³-hybridized carbons (Fsp3) is 0. The van der Waals surface area contributed by atoms with Gasteiger partial charge in [-0.3, -0.25) is 0 Å². The van der Waals surface area contributed by atoms with Crippen molar-refractivity contribution in [1.82, 2.24) is 9.38 Å². The molecule has 5 heteroatoms. The van der Waals surface area contributed by atoms with Gasteiger partial charge in [-0.2, -0.15) is 0 Å². The number of hydrogen-bond acceptors (Lipinski definition) is 2. The van der Waals surface area contributed by atoms with Gasteiger partial charge in [0.25, 0.3) is 0 Å². The summed E-state index contributed by atoms with van der Waals surface area (Å²) in [5.41, 5.74) is 1.88. The van der Waals surface area contributed by atoms with Gasteiger partial charge < -0.3 is 19.9 Å². The summed E-state index contributed by atoms with van der Waals surface area (Å²) in [7, 11) is 0. The van der Waals surface area contributed by atoms with Crippen LogP contribution in [0.15, 0.2) is 30.6 Å². The molecule has 0 unspecified atom stereocenters. The minimum atomic E-state index is 0. The molecular formula is C8H7AgN2O2-. The van der Waals surface area contributed by atoms with Crippen molar-refractivity contribution in [3.05, 3.63) is 43.2 Å². The first-order chi connectivity index (χ1) is 5.88. The number of rotatable bonds is 0. The normalized spacial score (nSPS) is 8.46. The van der Waals surface area contributed by atoms with E-state index in [0.29, 0.717) is 0 Å². The molecule has 2 rings (SSSR count). The van der Waals surface area contributed by atoms with E-state index in [9.17, 15) is 0 Å². The molecule has 0 aliphatic carbocycles. The Morgan fingerprint density at radius 2 is 2.08 bits per heavy atom. The molecule has 0 saturated carbocycles. The Morgan fingerprint density at radius 1 is 1.38 bits per heavy atom. The average Bonchev–Trinajstić information content (AvgIpc) is 2.53. The number of aromatic nitrogens is 2. The average molecular weight is 271 g/mol. The van der Waals surface area contributed by atoms with Gasteiger partial charge in [0.2, 0.25) is 0 Å². The van der Waals surface area contributed by atoms with Crippen LogP contribution in [-0.4, -0.2) is 9.38 Å². The summed E-state index contributed by atoms with van der Waals surface area (Å²) in [6.45, 7) is 3.81. The molecule has 0 aliphatic rings. The van der Waals surface area contributed by atoms with E-state index >= 15 is 0 Å². The van der Waals surface area contributed by atoms with Gasteiger partial charge in [-0.25, -0.2) is 6.92 Å². The van der Waals surface area contributed by atoms with Gasteiger partial charge in [0, 0.05) is 6.20 Å². The van der Waals surface area contributed by atoms with E-state index in [-0.39, 0.29) is 22.4 Å². The summed E-state index contributed by atoms with van der Waals surface area (Å²) >= 11 is 0.